The zero-order valence-corrected chi connectivity index (χ0v) is 17.5. The summed E-state index contributed by atoms with van der Waals surface area (Å²) in [6, 6.07) is 14.2. The topological polar surface area (TPSA) is 61.2 Å². The van der Waals surface area contributed by atoms with Gasteiger partial charge in [-0.15, -0.1) is 0 Å². The number of benzene rings is 2. The molecular formula is C21H21ClN2O3S. The first-order valence-electron chi connectivity index (χ1n) is 9.02. The summed E-state index contributed by atoms with van der Waals surface area (Å²) in [5.41, 5.74) is 1.14. The number of rotatable bonds is 6. The van der Waals surface area contributed by atoms with E-state index >= 15 is 0 Å². The monoisotopic (exact) mass is 416 g/mol. The third-order valence-electron chi connectivity index (χ3n) is 4.17. The van der Waals surface area contributed by atoms with Crippen molar-refractivity contribution in [1.82, 2.24) is 9.55 Å². The fourth-order valence-electron chi connectivity index (χ4n) is 2.89. The number of fused-ring (bicyclic) bond motifs is 1. The number of ether oxygens (including phenoxy) is 1. The normalized spacial score (nSPS) is 12.3. The molecule has 0 aliphatic heterocycles. The largest absolute Gasteiger partial charge is 0.465 e. The predicted molar refractivity (Wildman–Crippen MR) is 113 cm³/mol. The summed E-state index contributed by atoms with van der Waals surface area (Å²) in [5, 5.41) is 0.823. The highest BCUT2D eigenvalue weighted by Gasteiger charge is 2.26. The summed E-state index contributed by atoms with van der Waals surface area (Å²) in [6.07, 6.45) is 0. The molecule has 0 spiro atoms. The Balaban J connectivity index is 2.15. The van der Waals surface area contributed by atoms with Crippen LogP contribution >= 0.6 is 23.4 Å². The third kappa shape index (κ3) is 4.23. The lowest BCUT2D eigenvalue weighted by atomic mass is 10.1. The maximum atomic E-state index is 13.1. The molecule has 2 aromatic carbocycles. The van der Waals surface area contributed by atoms with Crippen molar-refractivity contribution in [2.45, 2.75) is 37.2 Å². The van der Waals surface area contributed by atoms with Crippen molar-refractivity contribution >= 4 is 40.2 Å². The lowest BCUT2D eigenvalue weighted by Crippen LogP contribution is -2.26. The second-order valence-corrected chi connectivity index (χ2v) is 7.99. The van der Waals surface area contributed by atoms with Crippen molar-refractivity contribution < 1.29 is 9.53 Å². The van der Waals surface area contributed by atoms with Gasteiger partial charge in [0.1, 0.15) is 5.25 Å². The molecule has 5 nitrogen and oxygen atoms in total. The first-order chi connectivity index (χ1) is 13.4. The van der Waals surface area contributed by atoms with Crippen LogP contribution in [0.3, 0.4) is 0 Å². The van der Waals surface area contributed by atoms with Crippen LogP contribution in [0.4, 0.5) is 0 Å². The quantitative estimate of drug-likeness (QED) is 0.320. The summed E-state index contributed by atoms with van der Waals surface area (Å²) < 4.78 is 6.88. The molecule has 0 saturated heterocycles. The maximum absolute atomic E-state index is 13.1. The standard InChI is InChI=1S/C21H21ClN2O3S/c1-4-27-20(26)18(14-8-6-5-7-9-14)28-21-23-17-12-15(22)10-11-16(17)19(25)24(21)13(2)3/h5-13,18H,4H2,1-3H3/t18-/m1/s1. The number of halogens is 1. The van der Waals surface area contributed by atoms with Crippen LogP contribution in [0.1, 0.15) is 37.6 Å². The van der Waals surface area contributed by atoms with E-state index < -0.39 is 5.25 Å². The van der Waals surface area contributed by atoms with E-state index in [-0.39, 0.29) is 24.2 Å². The van der Waals surface area contributed by atoms with E-state index in [9.17, 15) is 9.59 Å². The Morgan fingerprint density at radius 2 is 1.93 bits per heavy atom. The Morgan fingerprint density at radius 3 is 2.57 bits per heavy atom. The molecule has 1 atom stereocenters. The summed E-state index contributed by atoms with van der Waals surface area (Å²) in [7, 11) is 0. The molecule has 0 amide bonds. The SMILES string of the molecule is CCOC(=O)[C@H](Sc1nc2cc(Cl)ccc2c(=O)n1C(C)C)c1ccccc1. The van der Waals surface area contributed by atoms with Gasteiger partial charge >= 0.3 is 5.97 Å². The molecule has 0 radical (unpaired) electrons. The Kier molecular flexibility index (Phi) is 6.42. The van der Waals surface area contributed by atoms with Gasteiger partial charge in [-0.2, -0.15) is 0 Å². The molecule has 0 saturated carbocycles. The number of hydrogen-bond donors (Lipinski definition) is 0. The molecule has 3 aromatic rings. The number of carbonyl (C=O) groups excluding carboxylic acids is 1. The van der Waals surface area contributed by atoms with Crippen LogP contribution in [0.15, 0.2) is 58.5 Å². The van der Waals surface area contributed by atoms with Crippen LogP contribution in [0.2, 0.25) is 5.02 Å². The van der Waals surface area contributed by atoms with Gasteiger partial charge in [0.2, 0.25) is 0 Å². The minimum Gasteiger partial charge on any atom is -0.465 e. The van der Waals surface area contributed by atoms with E-state index in [1.54, 1.807) is 29.7 Å². The second-order valence-electron chi connectivity index (χ2n) is 6.49. The van der Waals surface area contributed by atoms with Crippen LogP contribution in [0, 0.1) is 0 Å². The van der Waals surface area contributed by atoms with Crippen LogP contribution in [-0.4, -0.2) is 22.1 Å². The highest BCUT2D eigenvalue weighted by Crippen LogP contribution is 2.36. The van der Waals surface area contributed by atoms with E-state index in [0.29, 0.717) is 21.1 Å². The molecule has 7 heteroatoms. The molecule has 0 N–H and O–H groups in total. The van der Waals surface area contributed by atoms with Gasteiger partial charge in [0, 0.05) is 11.1 Å². The Morgan fingerprint density at radius 1 is 1.21 bits per heavy atom. The second kappa shape index (κ2) is 8.80. The van der Waals surface area contributed by atoms with Crippen molar-refractivity contribution in [3.05, 3.63) is 69.5 Å². The number of nitrogens with zero attached hydrogens (tertiary/aromatic N) is 2. The van der Waals surface area contributed by atoms with Crippen molar-refractivity contribution in [2.24, 2.45) is 0 Å². The van der Waals surface area contributed by atoms with E-state index in [0.717, 1.165) is 5.56 Å². The third-order valence-corrected chi connectivity index (χ3v) is 5.61. The first-order valence-corrected chi connectivity index (χ1v) is 10.3. The molecule has 0 fully saturated rings. The average Bonchev–Trinajstić information content (AvgIpc) is 2.66. The first kappa shape index (κ1) is 20.4. The molecular weight excluding hydrogens is 396 g/mol. The fourth-order valence-corrected chi connectivity index (χ4v) is 4.29. The van der Waals surface area contributed by atoms with Crippen LogP contribution < -0.4 is 5.56 Å². The van der Waals surface area contributed by atoms with Crippen molar-refractivity contribution in [3.63, 3.8) is 0 Å². The van der Waals surface area contributed by atoms with Crippen molar-refractivity contribution in [2.75, 3.05) is 6.61 Å². The zero-order valence-electron chi connectivity index (χ0n) is 15.9. The molecule has 0 aliphatic rings. The van der Waals surface area contributed by atoms with Crippen LogP contribution in [0.5, 0.6) is 0 Å². The summed E-state index contributed by atoms with van der Waals surface area (Å²) in [4.78, 5) is 30.4. The Bertz CT molecular complexity index is 1050. The lowest BCUT2D eigenvalue weighted by Gasteiger charge is -2.20. The highest BCUT2D eigenvalue weighted by molar-refractivity contribution is 8.00. The van der Waals surface area contributed by atoms with Crippen molar-refractivity contribution in [3.8, 4) is 0 Å². The highest BCUT2D eigenvalue weighted by atomic mass is 35.5. The van der Waals surface area contributed by atoms with Crippen molar-refractivity contribution in [1.29, 1.82) is 0 Å². The van der Waals surface area contributed by atoms with Gasteiger partial charge in [0.05, 0.1) is 17.5 Å². The number of thioether (sulfide) groups is 1. The molecule has 1 heterocycles. The van der Waals surface area contributed by atoms with Gasteiger partial charge in [-0.25, -0.2) is 4.98 Å². The maximum Gasteiger partial charge on any atom is 0.324 e. The summed E-state index contributed by atoms with van der Waals surface area (Å²) in [6.45, 7) is 5.87. The lowest BCUT2D eigenvalue weighted by molar-refractivity contribution is -0.142. The summed E-state index contributed by atoms with van der Waals surface area (Å²) >= 11 is 7.30. The van der Waals surface area contributed by atoms with Gasteiger partial charge in [-0.05, 0) is 44.5 Å². The number of carbonyl (C=O) groups is 1. The van der Waals surface area contributed by atoms with Gasteiger partial charge < -0.3 is 4.74 Å². The molecule has 0 bridgehead atoms. The van der Waals surface area contributed by atoms with E-state index in [1.165, 1.54) is 11.8 Å². The molecule has 0 unspecified atom stereocenters. The molecule has 0 aliphatic carbocycles. The van der Waals surface area contributed by atoms with Gasteiger partial charge in [-0.1, -0.05) is 53.7 Å². The summed E-state index contributed by atoms with van der Waals surface area (Å²) in [5.74, 6) is -0.366. The molecule has 1 aromatic heterocycles. The number of aromatic nitrogens is 2. The molecule has 146 valence electrons. The minimum atomic E-state index is -0.630. The minimum absolute atomic E-state index is 0.124. The molecule has 3 rings (SSSR count). The Labute approximate surface area is 172 Å². The fraction of sp³-hybridized carbons (Fsp3) is 0.286. The van der Waals surface area contributed by atoms with E-state index in [2.05, 4.69) is 4.98 Å². The van der Waals surface area contributed by atoms with E-state index in [1.807, 2.05) is 44.2 Å². The van der Waals surface area contributed by atoms with E-state index in [4.69, 9.17) is 16.3 Å². The van der Waals surface area contributed by atoms with Crippen LogP contribution in [-0.2, 0) is 9.53 Å². The number of hydrogen-bond acceptors (Lipinski definition) is 5. The van der Waals surface area contributed by atoms with Crippen LogP contribution in [0.25, 0.3) is 10.9 Å². The average molecular weight is 417 g/mol. The molecule has 28 heavy (non-hydrogen) atoms. The van der Waals surface area contributed by atoms with Gasteiger partial charge in [-0.3, -0.25) is 14.2 Å². The smallest absolute Gasteiger partial charge is 0.324 e. The number of esters is 1. The van der Waals surface area contributed by atoms with Gasteiger partial charge in [0.25, 0.3) is 5.56 Å². The Hall–Kier alpha value is -2.31. The zero-order chi connectivity index (χ0) is 20.3. The van der Waals surface area contributed by atoms with Gasteiger partial charge in [0.15, 0.2) is 5.16 Å². The predicted octanol–water partition coefficient (Wildman–Crippen LogP) is 5.03.